The highest BCUT2D eigenvalue weighted by molar-refractivity contribution is 5.89. The molecular formula is C10H10N4O. The van der Waals surface area contributed by atoms with Gasteiger partial charge in [-0.15, -0.1) is 0 Å². The predicted molar refractivity (Wildman–Crippen MR) is 58.3 cm³/mol. The number of carbonyl (C=O) groups is 1. The van der Waals surface area contributed by atoms with Crippen LogP contribution in [0, 0.1) is 0 Å². The molecular weight excluding hydrogens is 192 g/mol. The van der Waals surface area contributed by atoms with E-state index in [0.29, 0.717) is 17.3 Å². The summed E-state index contributed by atoms with van der Waals surface area (Å²) in [5.41, 5.74) is 6.07. The maximum absolute atomic E-state index is 10.8. The maximum atomic E-state index is 10.8. The van der Waals surface area contributed by atoms with Crippen molar-refractivity contribution >= 4 is 28.6 Å². The zero-order valence-electron chi connectivity index (χ0n) is 8.19. The number of hydrogen-bond donors (Lipinski definition) is 2. The SMILES string of the molecule is CC(=O)Nc1ccc2ccc(N)nc2n1. The van der Waals surface area contributed by atoms with Crippen LogP contribution >= 0.6 is 0 Å². The molecule has 2 rings (SSSR count). The van der Waals surface area contributed by atoms with E-state index in [1.165, 1.54) is 6.92 Å². The first-order valence-electron chi connectivity index (χ1n) is 4.46. The van der Waals surface area contributed by atoms with E-state index in [9.17, 15) is 4.79 Å². The molecule has 15 heavy (non-hydrogen) atoms. The van der Waals surface area contributed by atoms with E-state index in [4.69, 9.17) is 5.73 Å². The molecule has 0 radical (unpaired) electrons. The highest BCUT2D eigenvalue weighted by Gasteiger charge is 2.01. The monoisotopic (exact) mass is 202 g/mol. The summed E-state index contributed by atoms with van der Waals surface area (Å²) in [5.74, 6) is 0.730. The number of amides is 1. The molecule has 0 aliphatic rings. The number of pyridine rings is 2. The summed E-state index contributed by atoms with van der Waals surface area (Å²) in [7, 11) is 0. The molecule has 2 aromatic heterocycles. The van der Waals surface area contributed by atoms with Crippen molar-refractivity contribution < 1.29 is 4.79 Å². The van der Waals surface area contributed by atoms with Gasteiger partial charge in [-0.3, -0.25) is 4.79 Å². The van der Waals surface area contributed by atoms with Gasteiger partial charge in [0, 0.05) is 12.3 Å². The van der Waals surface area contributed by atoms with Crippen molar-refractivity contribution in [3.05, 3.63) is 24.3 Å². The molecule has 0 fully saturated rings. The van der Waals surface area contributed by atoms with E-state index in [0.717, 1.165) is 5.39 Å². The first-order valence-corrected chi connectivity index (χ1v) is 4.46. The average Bonchev–Trinajstić information content (AvgIpc) is 2.16. The van der Waals surface area contributed by atoms with E-state index in [1.807, 2.05) is 12.1 Å². The van der Waals surface area contributed by atoms with E-state index in [2.05, 4.69) is 15.3 Å². The molecule has 76 valence electrons. The lowest BCUT2D eigenvalue weighted by atomic mass is 10.3. The second-order valence-corrected chi connectivity index (χ2v) is 3.16. The standard InChI is InChI=1S/C10H10N4O/c1-6(15)12-9-5-3-7-2-4-8(11)13-10(7)14-9/h2-5H,1H3,(H3,11,12,13,14,15). The molecule has 0 aliphatic carbocycles. The fourth-order valence-electron chi connectivity index (χ4n) is 1.26. The third kappa shape index (κ3) is 2.01. The number of carbonyl (C=O) groups excluding carboxylic acids is 1. The van der Waals surface area contributed by atoms with E-state index in [1.54, 1.807) is 12.1 Å². The fraction of sp³-hybridized carbons (Fsp3) is 0.100. The van der Waals surface area contributed by atoms with Crippen molar-refractivity contribution in [2.24, 2.45) is 0 Å². The Morgan fingerprint density at radius 1 is 1.27 bits per heavy atom. The van der Waals surface area contributed by atoms with Gasteiger partial charge >= 0.3 is 0 Å². The molecule has 0 aliphatic heterocycles. The van der Waals surface area contributed by atoms with E-state index >= 15 is 0 Å². The highest BCUT2D eigenvalue weighted by atomic mass is 16.1. The van der Waals surface area contributed by atoms with Crippen LogP contribution in [0.2, 0.25) is 0 Å². The minimum absolute atomic E-state index is 0.161. The minimum atomic E-state index is -0.161. The van der Waals surface area contributed by atoms with Gasteiger partial charge in [0.05, 0.1) is 0 Å². The topological polar surface area (TPSA) is 80.9 Å². The van der Waals surface area contributed by atoms with Crippen molar-refractivity contribution in [2.45, 2.75) is 6.92 Å². The van der Waals surface area contributed by atoms with E-state index in [-0.39, 0.29) is 5.91 Å². The minimum Gasteiger partial charge on any atom is -0.384 e. The largest absolute Gasteiger partial charge is 0.384 e. The van der Waals surface area contributed by atoms with Gasteiger partial charge in [-0.1, -0.05) is 0 Å². The summed E-state index contributed by atoms with van der Waals surface area (Å²) in [6.45, 7) is 1.43. The first kappa shape index (κ1) is 9.39. The zero-order chi connectivity index (χ0) is 10.8. The van der Waals surface area contributed by atoms with Gasteiger partial charge < -0.3 is 11.1 Å². The smallest absolute Gasteiger partial charge is 0.222 e. The molecule has 3 N–H and O–H groups in total. The van der Waals surface area contributed by atoms with Crippen molar-refractivity contribution in [3.63, 3.8) is 0 Å². The number of fused-ring (bicyclic) bond motifs is 1. The lowest BCUT2D eigenvalue weighted by Gasteiger charge is -2.02. The Kier molecular flexibility index (Phi) is 2.21. The molecule has 0 saturated heterocycles. The molecule has 2 heterocycles. The van der Waals surface area contributed by atoms with Crippen LogP contribution in [0.1, 0.15) is 6.92 Å². The molecule has 5 nitrogen and oxygen atoms in total. The number of hydrogen-bond acceptors (Lipinski definition) is 4. The van der Waals surface area contributed by atoms with Gasteiger partial charge in [0.25, 0.3) is 0 Å². The molecule has 0 spiro atoms. The van der Waals surface area contributed by atoms with E-state index < -0.39 is 0 Å². The Balaban J connectivity index is 2.49. The maximum Gasteiger partial charge on any atom is 0.222 e. The van der Waals surface area contributed by atoms with Gasteiger partial charge in [0.2, 0.25) is 5.91 Å². The average molecular weight is 202 g/mol. The number of aromatic nitrogens is 2. The lowest BCUT2D eigenvalue weighted by molar-refractivity contribution is -0.114. The van der Waals surface area contributed by atoms with Gasteiger partial charge in [0.15, 0.2) is 5.65 Å². The van der Waals surface area contributed by atoms with Crippen LogP contribution in [0.15, 0.2) is 24.3 Å². The fourth-order valence-corrected chi connectivity index (χ4v) is 1.26. The Bertz CT molecular complexity index is 524. The second-order valence-electron chi connectivity index (χ2n) is 3.16. The summed E-state index contributed by atoms with van der Waals surface area (Å²) in [4.78, 5) is 19.0. The van der Waals surface area contributed by atoms with Crippen molar-refractivity contribution in [2.75, 3.05) is 11.1 Å². The summed E-state index contributed by atoms with van der Waals surface area (Å²) in [5, 5.41) is 3.47. The van der Waals surface area contributed by atoms with Crippen LogP contribution in [0.5, 0.6) is 0 Å². The van der Waals surface area contributed by atoms with Crippen LogP contribution in [-0.4, -0.2) is 15.9 Å². The molecule has 0 bridgehead atoms. The van der Waals surface area contributed by atoms with Gasteiger partial charge in [-0.2, -0.15) is 0 Å². The number of nitrogens with zero attached hydrogens (tertiary/aromatic N) is 2. The molecule has 0 saturated carbocycles. The van der Waals surface area contributed by atoms with Crippen molar-refractivity contribution in [3.8, 4) is 0 Å². The molecule has 2 aromatic rings. The number of anilines is 2. The number of nitrogen functional groups attached to an aromatic ring is 1. The molecule has 5 heteroatoms. The third-order valence-electron chi connectivity index (χ3n) is 1.88. The molecule has 0 atom stereocenters. The van der Waals surface area contributed by atoms with Gasteiger partial charge in [-0.05, 0) is 24.3 Å². The van der Waals surface area contributed by atoms with Crippen LogP contribution in [-0.2, 0) is 4.79 Å². The summed E-state index contributed by atoms with van der Waals surface area (Å²) >= 11 is 0. The summed E-state index contributed by atoms with van der Waals surface area (Å²) in [6, 6.07) is 7.10. The lowest BCUT2D eigenvalue weighted by Crippen LogP contribution is -2.07. The Hall–Kier alpha value is -2.17. The summed E-state index contributed by atoms with van der Waals surface area (Å²) in [6.07, 6.45) is 0. The third-order valence-corrected chi connectivity index (χ3v) is 1.88. The molecule has 1 amide bonds. The Morgan fingerprint density at radius 3 is 2.73 bits per heavy atom. The number of rotatable bonds is 1. The predicted octanol–water partition coefficient (Wildman–Crippen LogP) is 1.17. The highest BCUT2D eigenvalue weighted by Crippen LogP contribution is 2.14. The summed E-state index contributed by atoms with van der Waals surface area (Å²) < 4.78 is 0. The zero-order valence-corrected chi connectivity index (χ0v) is 8.19. The normalized spacial score (nSPS) is 10.2. The van der Waals surface area contributed by atoms with Crippen molar-refractivity contribution in [1.82, 2.24) is 9.97 Å². The van der Waals surface area contributed by atoms with Crippen LogP contribution in [0.3, 0.4) is 0 Å². The van der Waals surface area contributed by atoms with Gasteiger partial charge in [-0.25, -0.2) is 9.97 Å². The second kappa shape index (κ2) is 3.53. The number of nitrogens with one attached hydrogen (secondary N) is 1. The van der Waals surface area contributed by atoms with Crippen LogP contribution in [0.4, 0.5) is 11.6 Å². The van der Waals surface area contributed by atoms with Crippen LogP contribution < -0.4 is 11.1 Å². The number of nitrogens with two attached hydrogens (primary N) is 1. The quantitative estimate of drug-likeness (QED) is 0.727. The Morgan fingerprint density at radius 2 is 2.00 bits per heavy atom. The Labute approximate surface area is 86.3 Å². The van der Waals surface area contributed by atoms with Gasteiger partial charge in [0.1, 0.15) is 11.6 Å². The molecule has 0 aromatic carbocycles. The molecule has 0 unspecified atom stereocenters. The van der Waals surface area contributed by atoms with Crippen molar-refractivity contribution in [1.29, 1.82) is 0 Å². The van der Waals surface area contributed by atoms with Crippen LogP contribution in [0.25, 0.3) is 11.0 Å². The first-order chi connectivity index (χ1) is 7.15.